The zero-order valence-electron chi connectivity index (χ0n) is 13.0. The monoisotopic (exact) mass is 315 g/mol. The Labute approximate surface area is 139 Å². The van der Waals surface area contributed by atoms with E-state index in [0.29, 0.717) is 0 Å². The lowest BCUT2D eigenvalue weighted by atomic mass is 9.99. The molecular weight excluding hydrogens is 298 g/mol. The first-order chi connectivity index (χ1) is 11.8. The van der Waals surface area contributed by atoms with Crippen LogP contribution in [0.1, 0.15) is 17.2 Å². The molecule has 4 aromatic rings. The zero-order chi connectivity index (χ0) is 16.4. The molecule has 0 spiro atoms. The van der Waals surface area contributed by atoms with E-state index in [1.807, 2.05) is 42.7 Å². The van der Waals surface area contributed by atoms with E-state index in [-0.39, 0.29) is 11.8 Å². The third kappa shape index (κ3) is 2.70. The summed E-state index contributed by atoms with van der Waals surface area (Å²) in [6.07, 6.45) is 5.66. The van der Waals surface area contributed by atoms with E-state index in [1.54, 1.807) is 18.3 Å². The molecule has 2 aromatic heterocycles. The smallest absolute Gasteiger partial charge is 0.117 e. The van der Waals surface area contributed by atoms with Crippen LogP contribution >= 0.6 is 0 Å². The molecule has 0 fully saturated rings. The Hall–Kier alpha value is -3.27. The molecule has 4 heteroatoms. The largest absolute Gasteiger partial charge is 0.508 e. The highest BCUT2D eigenvalue weighted by Gasteiger charge is 2.18. The fraction of sp³-hybridized carbons (Fsp3) is 0.0500. The van der Waals surface area contributed by atoms with E-state index in [4.69, 9.17) is 0 Å². The van der Waals surface area contributed by atoms with E-state index in [9.17, 15) is 5.11 Å². The minimum Gasteiger partial charge on any atom is -0.508 e. The number of phenols is 1. The molecule has 2 heterocycles. The number of benzene rings is 2. The van der Waals surface area contributed by atoms with Gasteiger partial charge in [0, 0.05) is 46.8 Å². The topological polar surface area (TPSA) is 60.9 Å². The molecule has 1 unspecified atom stereocenters. The Balaban J connectivity index is 1.82. The van der Waals surface area contributed by atoms with E-state index >= 15 is 0 Å². The van der Waals surface area contributed by atoms with Gasteiger partial charge in [0.25, 0.3) is 0 Å². The van der Waals surface area contributed by atoms with Crippen LogP contribution in [0, 0.1) is 0 Å². The Morgan fingerprint density at radius 3 is 2.75 bits per heavy atom. The number of pyridine rings is 1. The van der Waals surface area contributed by atoms with E-state index in [0.717, 1.165) is 22.3 Å². The van der Waals surface area contributed by atoms with Crippen molar-refractivity contribution in [2.75, 3.05) is 5.32 Å². The van der Waals surface area contributed by atoms with Crippen molar-refractivity contribution in [1.29, 1.82) is 0 Å². The summed E-state index contributed by atoms with van der Waals surface area (Å²) in [5.41, 5.74) is 4.15. The summed E-state index contributed by atoms with van der Waals surface area (Å²) in [6, 6.07) is 19.3. The van der Waals surface area contributed by atoms with Gasteiger partial charge in [-0.1, -0.05) is 30.3 Å². The first kappa shape index (κ1) is 14.3. The first-order valence-corrected chi connectivity index (χ1v) is 7.83. The highest BCUT2D eigenvalue weighted by Crippen LogP contribution is 2.32. The highest BCUT2D eigenvalue weighted by atomic mass is 16.3. The number of fused-ring (bicyclic) bond motifs is 1. The van der Waals surface area contributed by atoms with Crippen LogP contribution in [0.25, 0.3) is 10.9 Å². The summed E-state index contributed by atoms with van der Waals surface area (Å²) in [5.74, 6) is 0.240. The summed E-state index contributed by atoms with van der Waals surface area (Å²) < 4.78 is 0. The average Bonchev–Trinajstić information content (AvgIpc) is 3.04. The molecule has 0 saturated heterocycles. The molecule has 1 atom stereocenters. The second kappa shape index (κ2) is 6.08. The third-order valence-corrected chi connectivity index (χ3v) is 4.11. The molecule has 118 valence electrons. The Bertz CT molecular complexity index is 963. The normalized spacial score (nSPS) is 12.2. The number of H-pyrrole nitrogens is 1. The maximum absolute atomic E-state index is 9.74. The molecule has 4 rings (SSSR count). The van der Waals surface area contributed by atoms with Gasteiger partial charge in [-0.15, -0.1) is 0 Å². The third-order valence-electron chi connectivity index (χ3n) is 4.11. The van der Waals surface area contributed by atoms with Crippen LogP contribution in [0.4, 0.5) is 5.69 Å². The molecule has 0 radical (unpaired) electrons. The van der Waals surface area contributed by atoms with E-state index in [2.05, 4.69) is 33.5 Å². The van der Waals surface area contributed by atoms with Gasteiger partial charge in [-0.2, -0.15) is 0 Å². The molecule has 0 aliphatic carbocycles. The minimum atomic E-state index is -0.0725. The van der Waals surface area contributed by atoms with Gasteiger partial charge in [0.05, 0.1) is 6.04 Å². The van der Waals surface area contributed by atoms with Crippen LogP contribution in [0.5, 0.6) is 5.75 Å². The van der Waals surface area contributed by atoms with E-state index < -0.39 is 0 Å². The van der Waals surface area contributed by atoms with Crippen molar-refractivity contribution in [2.24, 2.45) is 0 Å². The van der Waals surface area contributed by atoms with Gasteiger partial charge in [0.2, 0.25) is 0 Å². The molecule has 0 bridgehead atoms. The molecular formula is C20H17N3O. The lowest BCUT2D eigenvalue weighted by Crippen LogP contribution is -2.12. The van der Waals surface area contributed by atoms with Crippen molar-refractivity contribution in [2.45, 2.75) is 6.04 Å². The number of hydrogen-bond acceptors (Lipinski definition) is 3. The predicted octanol–water partition coefficient (Wildman–Crippen LogP) is 4.47. The number of rotatable bonds is 4. The molecule has 0 aliphatic heterocycles. The minimum absolute atomic E-state index is 0.0725. The Kier molecular flexibility index (Phi) is 3.63. The van der Waals surface area contributed by atoms with Crippen molar-refractivity contribution in [1.82, 2.24) is 9.97 Å². The number of aromatic hydroxyl groups is 1. The second-order valence-corrected chi connectivity index (χ2v) is 5.70. The van der Waals surface area contributed by atoms with Crippen molar-refractivity contribution in [3.8, 4) is 5.75 Å². The van der Waals surface area contributed by atoms with Crippen molar-refractivity contribution in [3.63, 3.8) is 0 Å². The van der Waals surface area contributed by atoms with Crippen LogP contribution in [0.2, 0.25) is 0 Å². The SMILES string of the molecule is Oc1cccc(NC(c2cccnc2)c2c[nH]c3ccccc23)c1. The number of nitrogens with one attached hydrogen (secondary N) is 2. The van der Waals surface area contributed by atoms with Crippen LogP contribution in [-0.2, 0) is 0 Å². The highest BCUT2D eigenvalue weighted by molar-refractivity contribution is 5.84. The lowest BCUT2D eigenvalue weighted by Gasteiger charge is -2.20. The van der Waals surface area contributed by atoms with Crippen molar-refractivity contribution in [3.05, 3.63) is 90.4 Å². The van der Waals surface area contributed by atoms with Gasteiger partial charge in [0.1, 0.15) is 5.75 Å². The van der Waals surface area contributed by atoms with Gasteiger partial charge in [-0.3, -0.25) is 4.98 Å². The average molecular weight is 315 g/mol. The van der Waals surface area contributed by atoms with Crippen molar-refractivity contribution >= 4 is 16.6 Å². The fourth-order valence-corrected chi connectivity index (χ4v) is 2.98. The van der Waals surface area contributed by atoms with Gasteiger partial charge >= 0.3 is 0 Å². The summed E-state index contributed by atoms with van der Waals surface area (Å²) in [6.45, 7) is 0. The number of hydrogen-bond donors (Lipinski definition) is 3. The summed E-state index contributed by atoms with van der Waals surface area (Å²) >= 11 is 0. The number of aromatic nitrogens is 2. The van der Waals surface area contributed by atoms with Gasteiger partial charge in [0.15, 0.2) is 0 Å². The lowest BCUT2D eigenvalue weighted by molar-refractivity contribution is 0.475. The second-order valence-electron chi connectivity index (χ2n) is 5.70. The predicted molar refractivity (Wildman–Crippen MR) is 96.1 cm³/mol. The first-order valence-electron chi connectivity index (χ1n) is 7.83. The zero-order valence-corrected chi connectivity index (χ0v) is 13.0. The maximum atomic E-state index is 9.74. The summed E-state index contributed by atoms with van der Waals surface area (Å²) in [5, 5.41) is 14.4. The molecule has 4 nitrogen and oxygen atoms in total. The Morgan fingerprint density at radius 2 is 1.92 bits per heavy atom. The number of aromatic amines is 1. The van der Waals surface area contributed by atoms with E-state index in [1.165, 1.54) is 5.39 Å². The summed E-state index contributed by atoms with van der Waals surface area (Å²) in [7, 11) is 0. The van der Waals surface area contributed by atoms with Crippen LogP contribution in [0.15, 0.2) is 79.3 Å². The number of nitrogens with zero attached hydrogens (tertiary/aromatic N) is 1. The van der Waals surface area contributed by atoms with Gasteiger partial charge in [-0.25, -0.2) is 0 Å². The molecule has 2 aromatic carbocycles. The van der Waals surface area contributed by atoms with Crippen LogP contribution in [-0.4, -0.2) is 15.1 Å². The van der Waals surface area contributed by atoms with Crippen LogP contribution in [0.3, 0.4) is 0 Å². The fourth-order valence-electron chi connectivity index (χ4n) is 2.98. The number of para-hydroxylation sites is 1. The van der Waals surface area contributed by atoms with Crippen molar-refractivity contribution < 1.29 is 5.11 Å². The van der Waals surface area contributed by atoms with Gasteiger partial charge < -0.3 is 15.4 Å². The standard InChI is InChI=1S/C20H17N3O/c24-16-7-3-6-15(11-16)23-20(14-5-4-10-21-12-14)18-13-22-19-9-2-1-8-17(18)19/h1-13,20,22-24H. The van der Waals surface area contributed by atoms with Gasteiger partial charge in [-0.05, 0) is 29.8 Å². The molecule has 3 N–H and O–H groups in total. The van der Waals surface area contributed by atoms with Crippen LogP contribution < -0.4 is 5.32 Å². The Morgan fingerprint density at radius 1 is 1.00 bits per heavy atom. The quantitative estimate of drug-likeness (QED) is 0.521. The number of anilines is 1. The molecule has 0 aliphatic rings. The maximum Gasteiger partial charge on any atom is 0.117 e. The number of phenolic OH excluding ortho intramolecular Hbond substituents is 1. The molecule has 0 saturated carbocycles. The molecule has 0 amide bonds. The molecule has 24 heavy (non-hydrogen) atoms. The summed E-state index contributed by atoms with van der Waals surface area (Å²) in [4.78, 5) is 7.58.